The lowest BCUT2D eigenvalue weighted by molar-refractivity contribution is -0.147. The van der Waals surface area contributed by atoms with Crippen LogP contribution in [0.5, 0.6) is 0 Å². The average Bonchev–Trinajstić information content (AvgIpc) is 3.24. The predicted molar refractivity (Wildman–Crippen MR) is 257 cm³/mol. The fourth-order valence-corrected chi connectivity index (χ4v) is 4.29. The number of alkyl halides is 2. The van der Waals surface area contributed by atoms with E-state index in [4.69, 9.17) is 52.4 Å². The number of carboxylic acid groups (broad SMARTS) is 1. The van der Waals surface area contributed by atoms with Gasteiger partial charge in [-0.25, -0.2) is 34.8 Å². The Labute approximate surface area is 406 Å². The van der Waals surface area contributed by atoms with E-state index in [9.17, 15) is 33.6 Å². The highest BCUT2D eigenvalue weighted by atomic mass is 35.5. The number of carboxylic acids is 1. The van der Waals surface area contributed by atoms with Crippen LogP contribution in [0.1, 0.15) is 94.2 Å². The number of aliphatic hydroxyl groups is 1. The number of benzene rings is 2. The highest BCUT2D eigenvalue weighted by Gasteiger charge is 2.39. The number of nitrogens with zero attached hydrogens (tertiary/aromatic N) is 4. The highest BCUT2D eigenvalue weighted by Crippen LogP contribution is 2.18. The SMILES string of the molecule is CN(C(=O)OCc1ccccc1)C(C)(C)C(=O)O.CN(NC(=O)OC(C)(C)C)C(=O)C(C)(C)N(C)C(=O)OCc1ccccc1.CNC(C)(C)C(=O)N(C)NC(=O)OC(C)(C)C.CO.ClCCl. The van der Waals surface area contributed by atoms with Gasteiger partial charge in [0.1, 0.15) is 35.5 Å². The van der Waals surface area contributed by atoms with Crippen LogP contribution < -0.4 is 16.2 Å². The molecule has 5 N–H and O–H groups in total. The molecular weight excluding hydrogens is 917 g/mol. The summed E-state index contributed by atoms with van der Waals surface area (Å²) in [5, 5.41) is 21.2. The summed E-state index contributed by atoms with van der Waals surface area (Å²) >= 11 is 9.53. The molecule has 0 spiro atoms. The van der Waals surface area contributed by atoms with Crippen LogP contribution in [0.25, 0.3) is 0 Å². The van der Waals surface area contributed by atoms with E-state index in [-0.39, 0.29) is 24.5 Å². The van der Waals surface area contributed by atoms with Gasteiger partial charge in [-0.15, -0.1) is 23.2 Å². The van der Waals surface area contributed by atoms with Crippen LogP contribution in [0.3, 0.4) is 0 Å². The number of carbonyl (C=O) groups excluding carboxylic acids is 6. The molecule has 0 aliphatic heterocycles. The number of hydrazine groups is 2. The van der Waals surface area contributed by atoms with Crippen LogP contribution >= 0.6 is 23.2 Å². The van der Waals surface area contributed by atoms with E-state index < -0.39 is 64.1 Å². The standard InChI is InChI=1S/C19H29N3O5.C13H17NO4.C11H23N3O3.CH2Cl2.CH4O/c1-18(2,3)27-16(24)20-22(7)15(23)19(4,5)21(6)17(25)26-13-14-11-9-8-10-12-14;1-13(2,11(15)16)14(3)12(17)18-9-10-7-5-4-6-8-10;1-10(2,3)17-9(16)13-14(7)8(15)11(4,5)12-6;2-1-3;1-2/h8-12H,13H2,1-7H3,(H,20,24);4-8H,9H2,1-3H3,(H,15,16);12H,1-7H3,(H,13,16);1H2;2H,1H3. The van der Waals surface area contributed by atoms with Crippen molar-refractivity contribution in [1.82, 2.24) is 36.0 Å². The summed E-state index contributed by atoms with van der Waals surface area (Å²) in [4.78, 5) is 85.1. The number of amides is 6. The Morgan fingerprint density at radius 2 is 0.851 bits per heavy atom. The normalized spacial score (nSPS) is 10.9. The number of hydrogen-bond donors (Lipinski definition) is 5. The second kappa shape index (κ2) is 30.7. The van der Waals surface area contributed by atoms with E-state index in [1.807, 2.05) is 60.7 Å². The smallest absolute Gasteiger partial charge is 0.426 e. The van der Waals surface area contributed by atoms with Crippen molar-refractivity contribution in [3.05, 3.63) is 71.8 Å². The van der Waals surface area contributed by atoms with E-state index in [0.29, 0.717) is 0 Å². The van der Waals surface area contributed by atoms with Gasteiger partial charge in [0.25, 0.3) is 11.8 Å². The van der Waals surface area contributed by atoms with Crippen LogP contribution in [-0.4, -0.2) is 148 Å². The van der Waals surface area contributed by atoms with Gasteiger partial charge < -0.3 is 34.5 Å². The summed E-state index contributed by atoms with van der Waals surface area (Å²) in [7, 11) is 8.41. The van der Waals surface area contributed by atoms with E-state index in [1.54, 1.807) is 76.3 Å². The van der Waals surface area contributed by atoms with Crippen molar-refractivity contribution in [2.45, 2.75) is 124 Å². The van der Waals surface area contributed by atoms with Gasteiger partial charge in [0, 0.05) is 35.3 Å². The molecule has 67 heavy (non-hydrogen) atoms. The van der Waals surface area contributed by atoms with Crippen molar-refractivity contribution in [3.8, 4) is 0 Å². The van der Waals surface area contributed by atoms with Crippen molar-refractivity contribution < 1.29 is 62.7 Å². The number of halogens is 2. The molecule has 0 bridgehead atoms. The summed E-state index contributed by atoms with van der Waals surface area (Å²) in [6.07, 6.45) is -2.72. The number of likely N-dealkylation sites (N-methyl/N-ethyl adjacent to an activating group) is 5. The first kappa shape index (κ1) is 65.7. The maximum absolute atomic E-state index is 12.7. The van der Waals surface area contributed by atoms with Crippen molar-refractivity contribution in [2.75, 3.05) is 47.7 Å². The molecule has 2 aromatic rings. The zero-order valence-electron chi connectivity index (χ0n) is 42.3. The third kappa shape index (κ3) is 27.0. The lowest BCUT2D eigenvalue weighted by Crippen LogP contribution is -2.59. The third-order valence-corrected chi connectivity index (χ3v) is 8.77. The summed E-state index contributed by atoms with van der Waals surface area (Å²) < 4.78 is 20.5. The molecule has 0 saturated carbocycles. The molecule has 0 aromatic heterocycles. The monoisotopic (exact) mass is 991 g/mol. The average molecular weight is 993 g/mol. The van der Waals surface area contributed by atoms with Gasteiger partial charge in [0.2, 0.25) is 0 Å². The molecule has 0 aliphatic carbocycles. The van der Waals surface area contributed by atoms with Gasteiger partial charge in [-0.1, -0.05) is 60.7 Å². The second-order valence-corrected chi connectivity index (χ2v) is 18.4. The molecule has 0 saturated heterocycles. The molecule has 0 fully saturated rings. The van der Waals surface area contributed by atoms with Crippen LogP contribution in [0.15, 0.2) is 60.7 Å². The minimum absolute atomic E-state index is 0.0975. The van der Waals surface area contributed by atoms with Gasteiger partial charge in [-0.2, -0.15) is 0 Å². The van der Waals surface area contributed by atoms with Crippen LogP contribution in [-0.2, 0) is 46.5 Å². The molecule has 2 rings (SSSR count). The molecule has 2 aromatic carbocycles. The van der Waals surface area contributed by atoms with E-state index in [2.05, 4.69) is 16.2 Å². The Morgan fingerprint density at radius 1 is 0.552 bits per heavy atom. The number of hydrogen-bond acceptors (Lipinski definition) is 13. The summed E-state index contributed by atoms with van der Waals surface area (Å²) in [6, 6.07) is 18.4. The maximum Gasteiger partial charge on any atom is 0.426 e. The van der Waals surface area contributed by atoms with Crippen molar-refractivity contribution in [1.29, 1.82) is 0 Å². The lowest BCUT2D eigenvalue weighted by Gasteiger charge is -2.36. The molecule has 382 valence electrons. The first-order chi connectivity index (χ1) is 30.6. The largest absolute Gasteiger partial charge is 0.480 e. The number of aliphatic carboxylic acids is 1. The summed E-state index contributed by atoms with van der Waals surface area (Å²) in [5.74, 6) is -1.85. The van der Waals surface area contributed by atoms with Gasteiger partial charge >= 0.3 is 30.3 Å². The second-order valence-electron chi connectivity index (χ2n) is 17.6. The fraction of sp³-hybridized carbons (Fsp3) is 0.578. The van der Waals surface area contributed by atoms with Gasteiger partial charge in [-0.05, 0) is 101 Å². The molecule has 22 heteroatoms. The molecule has 0 aliphatic rings. The van der Waals surface area contributed by atoms with Crippen molar-refractivity contribution in [2.24, 2.45) is 0 Å². The molecule has 6 amide bonds. The first-order valence-electron chi connectivity index (χ1n) is 20.5. The third-order valence-electron chi connectivity index (χ3n) is 8.77. The highest BCUT2D eigenvalue weighted by molar-refractivity contribution is 6.40. The molecule has 0 atom stereocenters. The van der Waals surface area contributed by atoms with E-state index >= 15 is 0 Å². The van der Waals surface area contributed by atoms with Crippen LogP contribution in [0.2, 0.25) is 0 Å². The van der Waals surface area contributed by atoms with Gasteiger partial charge in [-0.3, -0.25) is 29.4 Å². The van der Waals surface area contributed by atoms with Gasteiger partial charge in [0.05, 0.1) is 10.9 Å². The number of nitrogens with one attached hydrogen (secondary N) is 3. The predicted octanol–water partition coefficient (Wildman–Crippen LogP) is 6.96. The Kier molecular flexibility index (Phi) is 30.1. The topological polar surface area (TPSA) is 246 Å². The minimum atomic E-state index is -1.30. The first-order valence-corrected chi connectivity index (χ1v) is 21.6. The van der Waals surface area contributed by atoms with Crippen molar-refractivity contribution in [3.63, 3.8) is 0 Å². The molecule has 0 radical (unpaired) electrons. The molecule has 0 heterocycles. The van der Waals surface area contributed by atoms with Crippen LogP contribution in [0, 0.1) is 0 Å². The lowest BCUT2D eigenvalue weighted by atomic mass is 10.0. The quantitative estimate of drug-likeness (QED) is 0.0918. The Balaban J connectivity index is -0.000000902. The maximum atomic E-state index is 12.7. The van der Waals surface area contributed by atoms with E-state index in [1.165, 1.54) is 46.9 Å². The Bertz CT molecular complexity index is 1820. The number of rotatable bonds is 10. The van der Waals surface area contributed by atoms with Crippen molar-refractivity contribution >= 4 is 65.4 Å². The Morgan fingerprint density at radius 3 is 1.13 bits per heavy atom. The zero-order valence-corrected chi connectivity index (χ0v) is 43.8. The van der Waals surface area contributed by atoms with Gasteiger partial charge in [0.15, 0.2) is 0 Å². The molecule has 20 nitrogen and oxygen atoms in total. The van der Waals surface area contributed by atoms with Crippen LogP contribution in [0.4, 0.5) is 19.2 Å². The minimum Gasteiger partial charge on any atom is -0.480 e. The molecule has 0 unspecified atom stereocenters. The van der Waals surface area contributed by atoms with E-state index in [0.717, 1.165) is 33.2 Å². The fourth-order valence-electron chi connectivity index (χ4n) is 4.29. The number of aliphatic hydroxyl groups excluding tert-OH is 1. The summed E-state index contributed by atoms with van der Waals surface area (Å²) in [6.45, 7) is 20.1. The number of ether oxygens (including phenoxy) is 4. The zero-order chi connectivity index (χ0) is 53.1. The summed E-state index contributed by atoms with van der Waals surface area (Å²) in [5.41, 5.74) is 1.81. The molecular formula is C45H75Cl2N7O13. The Hall–Kier alpha value is -5.57. The number of carbonyl (C=O) groups is 7.